The van der Waals surface area contributed by atoms with Gasteiger partial charge in [-0.2, -0.15) is 0 Å². The summed E-state index contributed by atoms with van der Waals surface area (Å²) in [5.41, 5.74) is 0.997. The quantitative estimate of drug-likeness (QED) is 0.418. The van der Waals surface area contributed by atoms with Gasteiger partial charge in [-0.15, -0.1) is 0 Å². The number of ether oxygens (including phenoxy) is 4. The Bertz CT molecular complexity index is 843. The zero-order chi connectivity index (χ0) is 22.6. The number of methoxy groups -OCH3 is 3. The molecule has 0 amide bonds. The molecule has 0 fully saturated rings. The van der Waals surface area contributed by atoms with Crippen molar-refractivity contribution in [2.24, 2.45) is 4.99 Å². The highest BCUT2D eigenvalue weighted by atomic mass is 19.1. The monoisotopic (exact) mass is 433 g/mol. The van der Waals surface area contributed by atoms with Crippen LogP contribution in [0.5, 0.6) is 23.0 Å². The van der Waals surface area contributed by atoms with Crippen LogP contribution in [0.15, 0.2) is 41.4 Å². The molecule has 2 N–H and O–H groups in total. The second-order valence-corrected chi connectivity index (χ2v) is 6.77. The van der Waals surface area contributed by atoms with Crippen LogP contribution in [0.4, 0.5) is 4.39 Å². The van der Waals surface area contributed by atoms with Crippen LogP contribution in [0.3, 0.4) is 0 Å². The van der Waals surface area contributed by atoms with E-state index in [0.717, 1.165) is 12.1 Å². The molecule has 31 heavy (non-hydrogen) atoms. The Morgan fingerprint density at radius 2 is 1.68 bits per heavy atom. The van der Waals surface area contributed by atoms with E-state index < -0.39 is 0 Å². The lowest BCUT2D eigenvalue weighted by Gasteiger charge is -2.17. The summed E-state index contributed by atoms with van der Waals surface area (Å²) in [5.74, 6) is 2.88. The van der Waals surface area contributed by atoms with Gasteiger partial charge in [-0.1, -0.05) is 6.07 Å². The molecule has 7 nitrogen and oxygen atoms in total. The van der Waals surface area contributed by atoms with Crippen molar-refractivity contribution < 1.29 is 23.3 Å². The van der Waals surface area contributed by atoms with Gasteiger partial charge < -0.3 is 29.6 Å². The van der Waals surface area contributed by atoms with Crippen molar-refractivity contribution in [2.75, 3.05) is 41.0 Å². The number of rotatable bonds is 11. The highest BCUT2D eigenvalue weighted by Crippen LogP contribution is 2.39. The lowest BCUT2D eigenvalue weighted by Crippen LogP contribution is -2.39. The van der Waals surface area contributed by atoms with Gasteiger partial charge >= 0.3 is 0 Å². The molecule has 2 aromatic rings. The topological polar surface area (TPSA) is 73.3 Å². The molecule has 0 spiro atoms. The summed E-state index contributed by atoms with van der Waals surface area (Å²) in [6.45, 7) is 5.76. The van der Waals surface area contributed by atoms with Gasteiger partial charge in [0.15, 0.2) is 17.5 Å². The standard InChI is InChI=1S/C23H32FN3O4/c1-6-25-23(27-15-16(2)31-19-10-8-18(24)9-11-19)26-14-13-17-7-12-20(28-3)22(30-5)21(17)29-4/h7-12,16H,6,13-15H2,1-5H3,(H2,25,26,27). The van der Waals surface area contributed by atoms with Crippen molar-refractivity contribution in [2.45, 2.75) is 26.4 Å². The smallest absolute Gasteiger partial charge is 0.203 e. The average molecular weight is 434 g/mol. The SMILES string of the molecule is CCNC(=NCC(C)Oc1ccc(F)cc1)NCCc1ccc(OC)c(OC)c1OC. The molecule has 1 unspecified atom stereocenters. The molecule has 0 radical (unpaired) electrons. The van der Waals surface area contributed by atoms with Gasteiger partial charge in [0.2, 0.25) is 5.75 Å². The van der Waals surface area contributed by atoms with Crippen LogP contribution in [0.1, 0.15) is 19.4 Å². The molecular weight excluding hydrogens is 401 g/mol. The number of aliphatic imine (C=N–C) groups is 1. The van der Waals surface area contributed by atoms with Crippen molar-refractivity contribution in [1.82, 2.24) is 10.6 Å². The maximum Gasteiger partial charge on any atom is 0.203 e. The summed E-state index contributed by atoms with van der Waals surface area (Å²) in [6, 6.07) is 9.79. The summed E-state index contributed by atoms with van der Waals surface area (Å²) in [7, 11) is 4.80. The van der Waals surface area contributed by atoms with Gasteiger partial charge in [-0.25, -0.2) is 9.38 Å². The van der Waals surface area contributed by atoms with E-state index in [0.29, 0.717) is 48.5 Å². The fourth-order valence-electron chi connectivity index (χ4n) is 3.02. The van der Waals surface area contributed by atoms with Gasteiger partial charge in [-0.3, -0.25) is 0 Å². The predicted octanol–water partition coefficient (Wildman–Crippen LogP) is 3.42. The first kappa shape index (κ1) is 24.1. The lowest BCUT2D eigenvalue weighted by molar-refractivity contribution is 0.230. The minimum absolute atomic E-state index is 0.160. The van der Waals surface area contributed by atoms with E-state index in [1.165, 1.54) is 12.1 Å². The molecule has 2 rings (SSSR count). The molecule has 1 atom stereocenters. The molecule has 0 bridgehead atoms. The molecule has 2 aromatic carbocycles. The van der Waals surface area contributed by atoms with Gasteiger partial charge in [0.1, 0.15) is 17.7 Å². The van der Waals surface area contributed by atoms with Crippen LogP contribution in [-0.4, -0.2) is 53.0 Å². The average Bonchev–Trinajstić information content (AvgIpc) is 2.78. The first-order chi connectivity index (χ1) is 15.0. The number of benzene rings is 2. The molecule has 0 aliphatic heterocycles. The molecule has 0 heterocycles. The molecule has 0 saturated heterocycles. The molecular formula is C23H32FN3O4. The Kier molecular flexibility index (Phi) is 9.74. The van der Waals surface area contributed by atoms with Gasteiger partial charge in [-0.05, 0) is 50.6 Å². The minimum atomic E-state index is -0.289. The zero-order valence-corrected chi connectivity index (χ0v) is 18.8. The normalized spacial score (nSPS) is 12.1. The second kappa shape index (κ2) is 12.5. The van der Waals surface area contributed by atoms with Crippen molar-refractivity contribution in [1.29, 1.82) is 0 Å². The van der Waals surface area contributed by atoms with Crippen molar-refractivity contribution in [3.8, 4) is 23.0 Å². The van der Waals surface area contributed by atoms with Crippen molar-refractivity contribution in [3.05, 3.63) is 47.8 Å². The van der Waals surface area contributed by atoms with Crippen LogP contribution >= 0.6 is 0 Å². The van der Waals surface area contributed by atoms with E-state index in [2.05, 4.69) is 15.6 Å². The first-order valence-electron chi connectivity index (χ1n) is 10.2. The van der Waals surface area contributed by atoms with E-state index >= 15 is 0 Å². The molecule has 0 aromatic heterocycles. The Morgan fingerprint density at radius 1 is 0.968 bits per heavy atom. The Labute approximate surface area is 183 Å². The number of hydrogen-bond acceptors (Lipinski definition) is 5. The third kappa shape index (κ3) is 7.24. The van der Waals surface area contributed by atoms with Crippen molar-refractivity contribution in [3.63, 3.8) is 0 Å². The van der Waals surface area contributed by atoms with Gasteiger partial charge in [0, 0.05) is 18.7 Å². The fraction of sp³-hybridized carbons (Fsp3) is 0.435. The van der Waals surface area contributed by atoms with E-state index in [1.54, 1.807) is 33.5 Å². The molecule has 170 valence electrons. The van der Waals surface area contributed by atoms with Crippen LogP contribution < -0.4 is 29.6 Å². The number of nitrogens with one attached hydrogen (secondary N) is 2. The predicted molar refractivity (Wildman–Crippen MR) is 120 cm³/mol. The van der Waals surface area contributed by atoms with Crippen LogP contribution in [0.2, 0.25) is 0 Å². The van der Waals surface area contributed by atoms with E-state index in [9.17, 15) is 4.39 Å². The van der Waals surface area contributed by atoms with Crippen molar-refractivity contribution >= 4 is 5.96 Å². The van der Waals surface area contributed by atoms with Gasteiger partial charge in [0.25, 0.3) is 0 Å². The van der Waals surface area contributed by atoms with Crippen LogP contribution in [0.25, 0.3) is 0 Å². The largest absolute Gasteiger partial charge is 0.493 e. The molecule has 8 heteroatoms. The van der Waals surface area contributed by atoms with E-state index in [1.807, 2.05) is 26.0 Å². The third-order valence-corrected chi connectivity index (χ3v) is 4.47. The highest BCUT2D eigenvalue weighted by Gasteiger charge is 2.15. The summed E-state index contributed by atoms with van der Waals surface area (Å²) in [4.78, 5) is 4.58. The van der Waals surface area contributed by atoms with E-state index in [4.69, 9.17) is 18.9 Å². The first-order valence-corrected chi connectivity index (χ1v) is 10.2. The Hall–Kier alpha value is -3.16. The Balaban J connectivity index is 1.95. The van der Waals surface area contributed by atoms with Gasteiger partial charge in [0.05, 0.1) is 27.9 Å². The number of hydrogen-bond donors (Lipinski definition) is 2. The van der Waals surface area contributed by atoms with E-state index in [-0.39, 0.29) is 11.9 Å². The number of nitrogens with zero attached hydrogens (tertiary/aromatic N) is 1. The number of guanidine groups is 1. The summed E-state index contributed by atoms with van der Waals surface area (Å²) < 4.78 is 35.1. The highest BCUT2D eigenvalue weighted by molar-refractivity contribution is 5.79. The summed E-state index contributed by atoms with van der Waals surface area (Å²) in [6.07, 6.45) is 0.544. The second-order valence-electron chi connectivity index (χ2n) is 6.77. The summed E-state index contributed by atoms with van der Waals surface area (Å²) >= 11 is 0. The summed E-state index contributed by atoms with van der Waals surface area (Å²) in [5, 5.41) is 6.54. The number of halogens is 1. The van der Waals surface area contributed by atoms with Crippen LogP contribution in [0, 0.1) is 5.82 Å². The fourth-order valence-corrected chi connectivity index (χ4v) is 3.02. The minimum Gasteiger partial charge on any atom is -0.493 e. The maximum atomic E-state index is 13.0. The molecule has 0 saturated carbocycles. The zero-order valence-electron chi connectivity index (χ0n) is 18.8. The Morgan fingerprint density at radius 3 is 2.29 bits per heavy atom. The third-order valence-electron chi connectivity index (χ3n) is 4.47. The molecule has 0 aliphatic rings. The lowest BCUT2D eigenvalue weighted by atomic mass is 10.1. The molecule has 0 aliphatic carbocycles. The maximum absolute atomic E-state index is 13.0. The van der Waals surface area contributed by atoms with Crippen LogP contribution in [-0.2, 0) is 6.42 Å².